The van der Waals surface area contributed by atoms with E-state index < -0.39 is 6.61 Å². The summed E-state index contributed by atoms with van der Waals surface area (Å²) in [5.74, 6) is 2.20. The molecule has 1 saturated heterocycles. The maximum absolute atomic E-state index is 12.4. The summed E-state index contributed by atoms with van der Waals surface area (Å²) < 4.78 is 34.5. The lowest BCUT2D eigenvalue weighted by Crippen LogP contribution is -2.41. The Morgan fingerprint density at radius 1 is 1.44 bits per heavy atom. The zero-order valence-corrected chi connectivity index (χ0v) is 15.6. The molecule has 2 rings (SSSR count). The molecule has 1 aliphatic rings. The number of carbonyl (C=O) groups excluding carboxylic acids is 1. The van der Waals surface area contributed by atoms with Gasteiger partial charge in [0.25, 0.3) is 0 Å². The molecule has 1 unspecified atom stereocenters. The van der Waals surface area contributed by atoms with Gasteiger partial charge in [0.15, 0.2) is 11.5 Å². The predicted octanol–water partition coefficient (Wildman–Crippen LogP) is 2.82. The highest BCUT2D eigenvalue weighted by Gasteiger charge is 2.17. The fourth-order valence-electron chi connectivity index (χ4n) is 2.37. The second kappa shape index (κ2) is 11.4. The number of rotatable bonds is 8. The Morgan fingerprint density at radius 3 is 2.88 bits per heavy atom. The number of alkyl halides is 2. The molecule has 1 fully saturated rings. The summed E-state index contributed by atoms with van der Waals surface area (Å²) in [4.78, 5) is 12.0. The fraction of sp³-hybridized carbons (Fsp3) is 0.562. The molecule has 0 radical (unpaired) electrons. The Bertz CT molecular complexity index is 546. The lowest BCUT2D eigenvalue weighted by molar-refractivity contribution is -0.121. The maximum atomic E-state index is 12.4. The molecule has 5 nitrogen and oxygen atoms in total. The van der Waals surface area contributed by atoms with Crippen molar-refractivity contribution in [2.24, 2.45) is 0 Å². The molecule has 0 spiro atoms. The Morgan fingerprint density at radius 2 is 2.24 bits per heavy atom. The van der Waals surface area contributed by atoms with Gasteiger partial charge in [0.05, 0.1) is 6.61 Å². The van der Waals surface area contributed by atoms with Crippen molar-refractivity contribution < 1.29 is 23.0 Å². The van der Waals surface area contributed by atoms with Crippen LogP contribution in [0.3, 0.4) is 0 Å². The molecule has 142 valence electrons. The number of thioether (sulfide) groups is 1. The second-order valence-electron chi connectivity index (χ2n) is 5.30. The first-order valence-electron chi connectivity index (χ1n) is 7.87. The van der Waals surface area contributed by atoms with E-state index in [1.807, 2.05) is 11.8 Å². The van der Waals surface area contributed by atoms with Crippen molar-refractivity contribution in [1.29, 1.82) is 0 Å². The minimum atomic E-state index is -2.91. The van der Waals surface area contributed by atoms with Crippen LogP contribution in [0.25, 0.3) is 0 Å². The van der Waals surface area contributed by atoms with Crippen molar-refractivity contribution >= 4 is 30.1 Å². The molecule has 0 saturated carbocycles. The first-order chi connectivity index (χ1) is 11.6. The summed E-state index contributed by atoms with van der Waals surface area (Å²) in [7, 11) is 0. The largest absolute Gasteiger partial charge is 0.490 e. The molecule has 0 aliphatic carbocycles. The van der Waals surface area contributed by atoms with E-state index >= 15 is 0 Å². The van der Waals surface area contributed by atoms with Crippen LogP contribution >= 0.6 is 24.2 Å². The maximum Gasteiger partial charge on any atom is 0.387 e. The van der Waals surface area contributed by atoms with Gasteiger partial charge in [-0.3, -0.25) is 4.79 Å². The van der Waals surface area contributed by atoms with Gasteiger partial charge in [-0.1, -0.05) is 6.07 Å². The van der Waals surface area contributed by atoms with Crippen molar-refractivity contribution in [1.82, 2.24) is 10.6 Å². The molecule has 25 heavy (non-hydrogen) atoms. The van der Waals surface area contributed by atoms with E-state index in [2.05, 4.69) is 15.4 Å². The summed E-state index contributed by atoms with van der Waals surface area (Å²) in [6.45, 7) is 0.422. The van der Waals surface area contributed by atoms with Crippen LogP contribution < -0.4 is 20.1 Å². The lowest BCUT2D eigenvalue weighted by atomic mass is 10.2. The van der Waals surface area contributed by atoms with Crippen molar-refractivity contribution in [2.45, 2.75) is 32.5 Å². The highest BCUT2D eigenvalue weighted by molar-refractivity contribution is 7.99. The minimum absolute atomic E-state index is 0. The number of halogens is 3. The number of hydrogen-bond acceptors (Lipinski definition) is 5. The van der Waals surface area contributed by atoms with E-state index in [1.54, 1.807) is 19.1 Å². The number of amides is 1. The van der Waals surface area contributed by atoms with Gasteiger partial charge >= 0.3 is 6.61 Å². The smallest absolute Gasteiger partial charge is 0.387 e. The van der Waals surface area contributed by atoms with Crippen LogP contribution in [0.4, 0.5) is 8.78 Å². The molecule has 0 bridgehead atoms. The molecule has 1 aromatic rings. The molecule has 9 heteroatoms. The van der Waals surface area contributed by atoms with Crippen molar-refractivity contribution in [3.63, 3.8) is 0 Å². The minimum Gasteiger partial charge on any atom is -0.490 e. The Labute approximate surface area is 156 Å². The molecule has 1 atom stereocenters. The van der Waals surface area contributed by atoms with Crippen molar-refractivity contribution in [3.8, 4) is 11.5 Å². The number of ether oxygens (including phenoxy) is 2. The van der Waals surface area contributed by atoms with Gasteiger partial charge in [0.2, 0.25) is 5.91 Å². The summed E-state index contributed by atoms with van der Waals surface area (Å²) in [5, 5.41) is 6.15. The van der Waals surface area contributed by atoms with Gasteiger partial charge < -0.3 is 20.1 Å². The quantitative estimate of drug-likeness (QED) is 0.707. The summed E-state index contributed by atoms with van der Waals surface area (Å²) in [5.41, 5.74) is 0.763. The molecule has 2 N–H and O–H groups in total. The highest BCUT2D eigenvalue weighted by Crippen LogP contribution is 2.29. The third-order valence-corrected chi connectivity index (χ3v) is 4.57. The first kappa shape index (κ1) is 21.8. The van der Waals surface area contributed by atoms with E-state index in [0.717, 1.165) is 23.6 Å². The Balaban J connectivity index is 0.00000312. The van der Waals surface area contributed by atoms with E-state index in [4.69, 9.17) is 4.74 Å². The standard InChI is InChI=1S/C16H22F2N2O3S.ClH/c1-2-22-14-7-11(3-4-13(14)23-16(17)18)9-20-15(21)8-12-10-24-6-5-19-12;/h3-4,7,12,16,19H,2,5-6,8-10H2,1H3,(H,20,21);1H. The first-order valence-corrected chi connectivity index (χ1v) is 9.02. The monoisotopic (exact) mass is 396 g/mol. The highest BCUT2D eigenvalue weighted by atomic mass is 35.5. The van der Waals surface area contributed by atoms with Crippen LogP contribution in [0.2, 0.25) is 0 Å². The van der Waals surface area contributed by atoms with Crippen LogP contribution in [-0.2, 0) is 11.3 Å². The number of nitrogens with one attached hydrogen (secondary N) is 2. The van der Waals surface area contributed by atoms with Crippen LogP contribution in [0.15, 0.2) is 18.2 Å². The van der Waals surface area contributed by atoms with Crippen molar-refractivity contribution in [2.75, 3.05) is 24.7 Å². The fourth-order valence-corrected chi connectivity index (χ4v) is 3.32. The molecule has 1 heterocycles. The molecular formula is C16H23ClF2N2O3S. The third-order valence-electron chi connectivity index (χ3n) is 3.44. The number of hydrogen-bond donors (Lipinski definition) is 2. The van der Waals surface area contributed by atoms with Crippen LogP contribution in [-0.4, -0.2) is 43.2 Å². The Hall–Kier alpha value is -1.25. The average Bonchev–Trinajstić information content (AvgIpc) is 2.56. The molecule has 1 aromatic carbocycles. The molecular weight excluding hydrogens is 374 g/mol. The van der Waals surface area contributed by atoms with Crippen LogP contribution in [0, 0.1) is 0 Å². The average molecular weight is 397 g/mol. The van der Waals surface area contributed by atoms with Gasteiger partial charge in [0, 0.05) is 37.1 Å². The van der Waals surface area contributed by atoms with Gasteiger partial charge in [-0.2, -0.15) is 20.5 Å². The van der Waals surface area contributed by atoms with E-state index in [0.29, 0.717) is 19.6 Å². The van der Waals surface area contributed by atoms with Gasteiger partial charge in [-0.25, -0.2) is 0 Å². The summed E-state index contributed by atoms with van der Waals surface area (Å²) >= 11 is 1.84. The molecule has 1 amide bonds. The topological polar surface area (TPSA) is 59.6 Å². The normalized spacial score (nSPS) is 16.9. The molecule has 1 aliphatic heterocycles. The van der Waals surface area contributed by atoms with Crippen LogP contribution in [0.5, 0.6) is 11.5 Å². The van der Waals surface area contributed by atoms with E-state index in [-0.39, 0.29) is 35.9 Å². The zero-order valence-electron chi connectivity index (χ0n) is 13.9. The summed E-state index contributed by atoms with van der Waals surface area (Å²) in [6, 6.07) is 4.87. The van der Waals surface area contributed by atoms with Gasteiger partial charge in [-0.05, 0) is 24.6 Å². The SMILES string of the molecule is CCOc1cc(CNC(=O)CC2CSCCN2)ccc1OC(F)F.Cl. The van der Waals surface area contributed by atoms with Gasteiger partial charge in [-0.15, -0.1) is 12.4 Å². The van der Waals surface area contributed by atoms with E-state index in [1.165, 1.54) is 6.07 Å². The summed E-state index contributed by atoms with van der Waals surface area (Å²) in [6.07, 6.45) is 0.428. The Kier molecular flexibility index (Phi) is 9.92. The zero-order chi connectivity index (χ0) is 17.4. The number of benzene rings is 1. The third kappa shape index (κ3) is 7.66. The van der Waals surface area contributed by atoms with Crippen molar-refractivity contribution in [3.05, 3.63) is 23.8 Å². The predicted molar refractivity (Wildman–Crippen MR) is 97.1 cm³/mol. The number of carbonyl (C=O) groups is 1. The van der Waals surface area contributed by atoms with Gasteiger partial charge in [0.1, 0.15) is 0 Å². The second-order valence-corrected chi connectivity index (χ2v) is 6.45. The van der Waals surface area contributed by atoms with E-state index in [9.17, 15) is 13.6 Å². The van der Waals surface area contributed by atoms with Crippen LogP contribution in [0.1, 0.15) is 18.9 Å². The molecule has 0 aromatic heterocycles. The lowest BCUT2D eigenvalue weighted by Gasteiger charge is -2.22.